The van der Waals surface area contributed by atoms with Crippen LogP contribution in [0.3, 0.4) is 0 Å². The molecule has 0 radical (unpaired) electrons. The van der Waals surface area contributed by atoms with Crippen LogP contribution in [-0.4, -0.2) is 48.9 Å². The highest BCUT2D eigenvalue weighted by Crippen LogP contribution is 2.29. The summed E-state index contributed by atoms with van der Waals surface area (Å²) >= 11 is 0. The molecule has 0 saturated heterocycles. The number of oxazole rings is 2. The number of benzene rings is 2. The van der Waals surface area contributed by atoms with Crippen molar-refractivity contribution >= 4 is 64.7 Å². The molecule has 0 unspecified atom stereocenters. The average Bonchev–Trinajstić information content (AvgIpc) is 3.25. The summed E-state index contributed by atoms with van der Waals surface area (Å²) in [5, 5.41) is 0. The van der Waals surface area contributed by atoms with E-state index in [9.17, 15) is 38.9 Å². The van der Waals surface area contributed by atoms with Gasteiger partial charge in [0.05, 0.1) is 4.90 Å². The van der Waals surface area contributed by atoms with E-state index >= 15 is 0 Å². The monoisotopic (exact) mass is 516 g/mol. The van der Waals surface area contributed by atoms with Gasteiger partial charge >= 0.3 is 0 Å². The summed E-state index contributed by atoms with van der Waals surface area (Å²) in [4.78, 5) is 5.63. The molecule has 0 fully saturated rings. The van der Waals surface area contributed by atoms with E-state index in [1.807, 2.05) is 0 Å². The topological polar surface area (TPSA) is 215 Å². The Balaban J connectivity index is 1.83. The van der Waals surface area contributed by atoms with E-state index in [4.69, 9.17) is 8.83 Å². The van der Waals surface area contributed by atoms with Crippen LogP contribution >= 0.6 is 0 Å². The van der Waals surface area contributed by atoms with Gasteiger partial charge in [0.15, 0.2) is 11.2 Å². The van der Waals surface area contributed by atoms with Crippen molar-refractivity contribution in [2.24, 2.45) is 0 Å². The second-order valence-electron chi connectivity index (χ2n) is 6.74. The summed E-state index contributed by atoms with van der Waals surface area (Å²) < 4.78 is 108. The van der Waals surface area contributed by atoms with Crippen molar-refractivity contribution in [3.05, 3.63) is 41.6 Å². The molecular weight excluding hydrogens is 504 g/mol. The Hall–Kier alpha value is -3.15. The zero-order valence-electron chi connectivity index (χ0n) is 16.2. The minimum Gasteiger partial charge on any atom is -0.437 e. The van der Waals surface area contributed by atoms with Gasteiger partial charge in [-0.1, -0.05) is 0 Å². The van der Waals surface area contributed by atoms with Gasteiger partial charge in [0, 0.05) is 18.2 Å². The van der Waals surface area contributed by atoms with Crippen molar-refractivity contribution in [2.75, 3.05) is 0 Å². The summed E-state index contributed by atoms with van der Waals surface area (Å²) in [5.41, 5.74) is -0.378. The quantitative estimate of drug-likeness (QED) is 0.325. The largest absolute Gasteiger partial charge is 0.437 e. The fourth-order valence-corrected chi connectivity index (χ4v) is 4.96. The lowest BCUT2D eigenvalue weighted by molar-refractivity contribution is 0.479. The van der Waals surface area contributed by atoms with Crippen molar-refractivity contribution in [2.45, 2.75) is 21.6 Å². The van der Waals surface area contributed by atoms with Gasteiger partial charge in [0.2, 0.25) is 11.8 Å². The molecule has 2 aromatic heterocycles. The normalized spacial score (nSPS) is 13.5. The molecule has 3 N–H and O–H groups in total. The SMILES string of the molecule is Cc1cc(S(=O)(=O)O)c2nc(/C=C/c3nc4c(S(=O)(=O)O)cc(S(=O)(=O)O)cc4o3)oc2c1. The molecule has 2 heterocycles. The maximum atomic E-state index is 11.6. The van der Waals surface area contributed by atoms with Gasteiger partial charge in [-0.05, 0) is 30.7 Å². The van der Waals surface area contributed by atoms with E-state index in [2.05, 4.69) is 9.97 Å². The van der Waals surface area contributed by atoms with Crippen LogP contribution in [-0.2, 0) is 30.4 Å². The first kappa shape index (κ1) is 23.0. The van der Waals surface area contributed by atoms with Gasteiger partial charge in [-0.15, -0.1) is 0 Å². The van der Waals surface area contributed by atoms with Gasteiger partial charge in [0.1, 0.15) is 20.8 Å². The Morgan fingerprint density at radius 3 is 1.61 bits per heavy atom. The molecule has 16 heteroatoms. The molecule has 13 nitrogen and oxygen atoms in total. The highest BCUT2D eigenvalue weighted by molar-refractivity contribution is 7.87. The molecule has 0 atom stereocenters. The van der Waals surface area contributed by atoms with Crippen LogP contribution in [0.15, 0.2) is 47.8 Å². The number of nitrogens with zero attached hydrogens (tertiary/aromatic N) is 2. The number of fused-ring (bicyclic) bond motifs is 2. The highest BCUT2D eigenvalue weighted by atomic mass is 32.2. The van der Waals surface area contributed by atoms with Gasteiger partial charge in [-0.2, -0.15) is 25.3 Å². The van der Waals surface area contributed by atoms with E-state index in [1.54, 1.807) is 6.92 Å². The molecule has 0 saturated carbocycles. The lowest BCUT2D eigenvalue weighted by Gasteiger charge is -2.01. The molecule has 0 amide bonds. The van der Waals surface area contributed by atoms with E-state index in [0.29, 0.717) is 11.6 Å². The maximum Gasteiger partial charge on any atom is 0.296 e. The van der Waals surface area contributed by atoms with Gasteiger partial charge in [-0.3, -0.25) is 13.7 Å². The van der Waals surface area contributed by atoms with Crippen LogP contribution in [0.4, 0.5) is 0 Å². The van der Waals surface area contributed by atoms with E-state index in [1.165, 1.54) is 18.2 Å². The van der Waals surface area contributed by atoms with Gasteiger partial charge in [0.25, 0.3) is 30.4 Å². The van der Waals surface area contributed by atoms with Crippen molar-refractivity contribution in [1.29, 1.82) is 0 Å². The first-order valence-electron chi connectivity index (χ1n) is 8.59. The van der Waals surface area contributed by atoms with Gasteiger partial charge < -0.3 is 8.83 Å². The third kappa shape index (κ3) is 4.52. The second-order valence-corrected chi connectivity index (χ2v) is 10.9. The van der Waals surface area contributed by atoms with Crippen molar-refractivity contribution in [3.8, 4) is 0 Å². The van der Waals surface area contributed by atoms with Crippen LogP contribution in [0, 0.1) is 6.92 Å². The molecule has 0 aliphatic carbocycles. The molecule has 4 aromatic rings. The van der Waals surface area contributed by atoms with Crippen LogP contribution in [0.25, 0.3) is 34.4 Å². The minimum absolute atomic E-state index is 0.0614. The summed E-state index contributed by atoms with van der Waals surface area (Å²) in [5.74, 6) is -0.396. The summed E-state index contributed by atoms with van der Waals surface area (Å²) in [6.45, 7) is 1.58. The van der Waals surface area contributed by atoms with Crippen molar-refractivity contribution in [3.63, 3.8) is 0 Å². The molecule has 0 aliphatic rings. The van der Waals surface area contributed by atoms with Crippen LogP contribution in [0.5, 0.6) is 0 Å². The first-order chi connectivity index (χ1) is 15.1. The Morgan fingerprint density at radius 2 is 1.15 bits per heavy atom. The fourth-order valence-electron chi connectivity index (χ4n) is 2.97. The molecule has 33 heavy (non-hydrogen) atoms. The Labute approximate surface area is 185 Å². The molecule has 0 spiro atoms. The summed E-state index contributed by atoms with van der Waals surface area (Å²) in [6.07, 6.45) is 2.33. The lowest BCUT2D eigenvalue weighted by Crippen LogP contribution is -2.04. The molecule has 0 aliphatic heterocycles. The molecule has 0 bridgehead atoms. The van der Waals surface area contributed by atoms with Gasteiger partial charge in [-0.25, -0.2) is 9.97 Å². The number of rotatable bonds is 5. The maximum absolute atomic E-state index is 11.6. The predicted octanol–water partition coefficient (Wildman–Crippen LogP) is 2.19. The first-order valence-corrected chi connectivity index (χ1v) is 12.9. The van der Waals surface area contributed by atoms with Crippen LogP contribution in [0.2, 0.25) is 0 Å². The van der Waals surface area contributed by atoms with Crippen LogP contribution < -0.4 is 0 Å². The Bertz CT molecular complexity index is 1800. The minimum atomic E-state index is -4.94. The zero-order valence-corrected chi connectivity index (χ0v) is 18.6. The van der Waals surface area contributed by atoms with E-state index in [0.717, 1.165) is 12.1 Å². The van der Waals surface area contributed by atoms with E-state index < -0.39 is 50.6 Å². The number of aromatic nitrogens is 2. The standard InChI is InChI=1S/C17H12N2O11S3/c1-8-4-10-16(12(5-8)32(23,24)25)18-14(29-10)2-3-15-19-17-11(30-15)6-9(31(20,21)22)7-13(17)33(26,27)28/h2-7H,1H3,(H,20,21,22)(H,23,24,25)(H,26,27,28)/b3-2+. The molecule has 4 rings (SSSR count). The Kier molecular flexibility index (Phi) is 5.19. The Morgan fingerprint density at radius 1 is 0.697 bits per heavy atom. The summed E-state index contributed by atoms with van der Waals surface area (Å²) in [6, 6.07) is 4.02. The lowest BCUT2D eigenvalue weighted by atomic mass is 10.2. The smallest absolute Gasteiger partial charge is 0.296 e. The summed E-state index contributed by atoms with van der Waals surface area (Å²) in [7, 11) is -14.4. The fraction of sp³-hybridized carbons (Fsp3) is 0.0588. The number of hydrogen-bond acceptors (Lipinski definition) is 10. The van der Waals surface area contributed by atoms with Crippen molar-refractivity contribution in [1.82, 2.24) is 9.97 Å². The molecule has 174 valence electrons. The number of hydrogen-bond donors (Lipinski definition) is 3. The van der Waals surface area contributed by atoms with Crippen molar-refractivity contribution < 1.29 is 47.7 Å². The second kappa shape index (κ2) is 7.44. The van der Waals surface area contributed by atoms with E-state index in [-0.39, 0.29) is 28.5 Å². The molecule has 2 aromatic carbocycles. The molecular formula is C17H12N2O11S3. The average molecular weight is 516 g/mol. The predicted molar refractivity (Wildman–Crippen MR) is 111 cm³/mol. The highest BCUT2D eigenvalue weighted by Gasteiger charge is 2.24. The third-order valence-electron chi connectivity index (χ3n) is 4.29. The van der Waals surface area contributed by atoms with Crippen LogP contribution in [0.1, 0.15) is 17.3 Å². The number of aryl methyl sites for hydroxylation is 1. The third-order valence-corrected chi connectivity index (χ3v) is 6.86. The zero-order chi connectivity index (χ0) is 24.3.